The van der Waals surface area contributed by atoms with Gasteiger partial charge in [-0.15, -0.1) is 0 Å². The Kier molecular flexibility index (Phi) is 4.66. The molecule has 104 valence electrons. The molecule has 0 spiro atoms. The van der Waals surface area contributed by atoms with Gasteiger partial charge in [0.05, 0.1) is 11.7 Å². The van der Waals surface area contributed by atoms with Gasteiger partial charge < -0.3 is 15.2 Å². The molecular formula is C14H18ClNO3. The van der Waals surface area contributed by atoms with Gasteiger partial charge in [-0.05, 0) is 37.5 Å². The van der Waals surface area contributed by atoms with E-state index >= 15 is 0 Å². The standard InChI is InChI=1S/C14H18ClNO3/c1-18-10-3-2-4-11(8-10)19-14(17)12-6-5-9(15)7-13(12)16/h5-7,10-11H,2-4,8,16H2,1H3. The second-order valence-electron chi connectivity index (χ2n) is 4.78. The van der Waals surface area contributed by atoms with Crippen LogP contribution >= 0.6 is 11.6 Å². The molecule has 19 heavy (non-hydrogen) atoms. The van der Waals surface area contributed by atoms with Gasteiger partial charge in [-0.25, -0.2) is 4.79 Å². The van der Waals surface area contributed by atoms with E-state index in [1.807, 2.05) is 0 Å². The number of nitrogen functional groups attached to an aromatic ring is 1. The molecule has 0 radical (unpaired) electrons. The van der Waals surface area contributed by atoms with Crippen LogP contribution in [0.1, 0.15) is 36.0 Å². The van der Waals surface area contributed by atoms with Crippen LogP contribution in [0.5, 0.6) is 0 Å². The third-order valence-corrected chi connectivity index (χ3v) is 3.65. The highest BCUT2D eigenvalue weighted by Crippen LogP contribution is 2.25. The second-order valence-corrected chi connectivity index (χ2v) is 5.22. The summed E-state index contributed by atoms with van der Waals surface area (Å²) in [4.78, 5) is 12.1. The number of hydrogen-bond donors (Lipinski definition) is 1. The molecule has 0 aliphatic heterocycles. The zero-order valence-corrected chi connectivity index (χ0v) is 11.7. The fourth-order valence-electron chi connectivity index (χ4n) is 2.36. The van der Waals surface area contributed by atoms with E-state index in [-0.39, 0.29) is 12.2 Å². The lowest BCUT2D eigenvalue weighted by Crippen LogP contribution is -2.29. The minimum atomic E-state index is -0.393. The molecule has 4 nitrogen and oxygen atoms in total. The number of benzene rings is 1. The number of ether oxygens (including phenoxy) is 2. The average Bonchev–Trinajstić information content (AvgIpc) is 2.38. The van der Waals surface area contributed by atoms with Crippen LogP contribution in [0.2, 0.25) is 5.02 Å². The van der Waals surface area contributed by atoms with Crippen molar-refractivity contribution in [1.82, 2.24) is 0 Å². The number of nitrogens with two attached hydrogens (primary N) is 1. The first-order chi connectivity index (χ1) is 9.10. The van der Waals surface area contributed by atoms with Gasteiger partial charge in [0.2, 0.25) is 0 Å². The summed E-state index contributed by atoms with van der Waals surface area (Å²) in [6.45, 7) is 0. The molecule has 1 aromatic rings. The van der Waals surface area contributed by atoms with Crippen molar-refractivity contribution in [3.63, 3.8) is 0 Å². The summed E-state index contributed by atoms with van der Waals surface area (Å²) in [5.41, 5.74) is 6.48. The highest BCUT2D eigenvalue weighted by molar-refractivity contribution is 6.31. The monoisotopic (exact) mass is 283 g/mol. The predicted octanol–water partition coefficient (Wildman–Crippen LogP) is 3.04. The Bertz CT molecular complexity index is 464. The summed E-state index contributed by atoms with van der Waals surface area (Å²) in [5, 5.41) is 0.506. The minimum Gasteiger partial charge on any atom is -0.459 e. The number of halogens is 1. The minimum absolute atomic E-state index is 0.0960. The maximum absolute atomic E-state index is 12.1. The molecule has 1 saturated carbocycles. The van der Waals surface area contributed by atoms with E-state index in [9.17, 15) is 4.79 Å². The second kappa shape index (κ2) is 6.26. The SMILES string of the molecule is COC1CCCC(OC(=O)c2ccc(Cl)cc2N)C1. The van der Waals surface area contributed by atoms with Crippen LogP contribution in [0.25, 0.3) is 0 Å². The molecular weight excluding hydrogens is 266 g/mol. The lowest BCUT2D eigenvalue weighted by atomic mass is 9.95. The molecule has 0 heterocycles. The zero-order chi connectivity index (χ0) is 13.8. The Morgan fingerprint density at radius 3 is 2.79 bits per heavy atom. The van der Waals surface area contributed by atoms with Crippen LogP contribution in [0, 0.1) is 0 Å². The van der Waals surface area contributed by atoms with E-state index < -0.39 is 5.97 Å². The number of esters is 1. The van der Waals surface area contributed by atoms with Gasteiger partial charge in [0.25, 0.3) is 0 Å². The number of carbonyl (C=O) groups is 1. The maximum Gasteiger partial charge on any atom is 0.340 e. The Balaban J connectivity index is 2.00. The van der Waals surface area contributed by atoms with Gasteiger partial charge in [0, 0.05) is 24.2 Å². The third kappa shape index (κ3) is 3.61. The highest BCUT2D eigenvalue weighted by Gasteiger charge is 2.25. The van der Waals surface area contributed by atoms with E-state index in [0.717, 1.165) is 25.7 Å². The summed E-state index contributed by atoms with van der Waals surface area (Å²) in [6.07, 6.45) is 3.73. The molecule has 0 saturated heterocycles. The first-order valence-electron chi connectivity index (χ1n) is 6.39. The molecule has 5 heteroatoms. The van der Waals surface area contributed by atoms with Crippen molar-refractivity contribution >= 4 is 23.3 Å². The molecule has 2 unspecified atom stereocenters. The zero-order valence-electron chi connectivity index (χ0n) is 10.9. The molecule has 2 atom stereocenters. The van der Waals surface area contributed by atoms with Crippen LogP contribution in [-0.2, 0) is 9.47 Å². The highest BCUT2D eigenvalue weighted by atomic mass is 35.5. The Morgan fingerprint density at radius 2 is 2.11 bits per heavy atom. The van der Waals surface area contributed by atoms with E-state index in [4.69, 9.17) is 26.8 Å². The van der Waals surface area contributed by atoms with Crippen molar-refractivity contribution in [2.75, 3.05) is 12.8 Å². The molecule has 0 amide bonds. The summed E-state index contributed by atoms with van der Waals surface area (Å²) in [5.74, 6) is -0.393. The number of rotatable bonds is 3. The molecule has 0 bridgehead atoms. The molecule has 0 aromatic heterocycles. The van der Waals surface area contributed by atoms with Gasteiger partial charge >= 0.3 is 5.97 Å². The summed E-state index contributed by atoms with van der Waals surface area (Å²) >= 11 is 5.80. The summed E-state index contributed by atoms with van der Waals surface area (Å²) in [7, 11) is 1.69. The lowest BCUT2D eigenvalue weighted by molar-refractivity contribution is -0.0148. The van der Waals surface area contributed by atoms with Gasteiger partial charge in [0.15, 0.2) is 0 Å². The number of anilines is 1. The quantitative estimate of drug-likeness (QED) is 0.684. The molecule has 2 rings (SSSR count). The fourth-order valence-corrected chi connectivity index (χ4v) is 2.54. The molecule has 2 N–H and O–H groups in total. The first kappa shape index (κ1) is 14.2. The normalized spacial score (nSPS) is 23.1. The Labute approximate surface area is 117 Å². The van der Waals surface area contributed by atoms with Crippen LogP contribution in [-0.4, -0.2) is 25.3 Å². The molecule has 1 aromatic carbocycles. The van der Waals surface area contributed by atoms with Gasteiger partial charge in [-0.2, -0.15) is 0 Å². The van der Waals surface area contributed by atoms with Gasteiger partial charge in [-0.3, -0.25) is 0 Å². The van der Waals surface area contributed by atoms with Crippen molar-refractivity contribution in [2.24, 2.45) is 0 Å². The fraction of sp³-hybridized carbons (Fsp3) is 0.500. The van der Waals surface area contributed by atoms with Crippen molar-refractivity contribution < 1.29 is 14.3 Å². The van der Waals surface area contributed by atoms with Gasteiger partial charge in [0.1, 0.15) is 6.10 Å². The van der Waals surface area contributed by atoms with Crippen molar-refractivity contribution in [2.45, 2.75) is 37.9 Å². The third-order valence-electron chi connectivity index (χ3n) is 3.42. The summed E-state index contributed by atoms with van der Waals surface area (Å²) in [6, 6.07) is 4.78. The molecule has 1 aliphatic carbocycles. The first-order valence-corrected chi connectivity index (χ1v) is 6.76. The maximum atomic E-state index is 12.1. The van der Waals surface area contributed by atoms with Crippen molar-refractivity contribution in [3.05, 3.63) is 28.8 Å². The molecule has 1 fully saturated rings. The van der Waals surface area contributed by atoms with E-state index in [1.54, 1.807) is 25.3 Å². The van der Waals surface area contributed by atoms with Crippen LogP contribution in [0.3, 0.4) is 0 Å². The number of methoxy groups -OCH3 is 1. The van der Waals surface area contributed by atoms with E-state index in [1.165, 1.54) is 0 Å². The lowest BCUT2D eigenvalue weighted by Gasteiger charge is -2.28. The van der Waals surface area contributed by atoms with E-state index in [2.05, 4.69) is 0 Å². The number of hydrogen-bond acceptors (Lipinski definition) is 4. The van der Waals surface area contributed by atoms with Crippen molar-refractivity contribution in [3.8, 4) is 0 Å². The van der Waals surface area contributed by atoms with E-state index in [0.29, 0.717) is 16.3 Å². The largest absolute Gasteiger partial charge is 0.459 e. The van der Waals surface area contributed by atoms with Crippen LogP contribution in [0.15, 0.2) is 18.2 Å². The smallest absolute Gasteiger partial charge is 0.340 e. The van der Waals surface area contributed by atoms with Gasteiger partial charge in [-0.1, -0.05) is 11.6 Å². The average molecular weight is 284 g/mol. The predicted molar refractivity (Wildman–Crippen MR) is 74.3 cm³/mol. The Hall–Kier alpha value is -1.26. The Morgan fingerprint density at radius 1 is 1.37 bits per heavy atom. The van der Waals surface area contributed by atoms with Crippen LogP contribution in [0.4, 0.5) is 5.69 Å². The topological polar surface area (TPSA) is 61.5 Å². The van der Waals surface area contributed by atoms with Crippen LogP contribution < -0.4 is 5.73 Å². The van der Waals surface area contributed by atoms with Crippen molar-refractivity contribution in [1.29, 1.82) is 0 Å². The number of carbonyl (C=O) groups excluding carboxylic acids is 1. The molecule has 1 aliphatic rings. The summed E-state index contributed by atoms with van der Waals surface area (Å²) < 4.78 is 10.8.